The third-order valence-corrected chi connectivity index (χ3v) is 9.77. The Morgan fingerprint density at radius 2 is 1.41 bits per heavy atom. The van der Waals surface area contributed by atoms with Crippen molar-refractivity contribution < 1.29 is 50.3 Å². The van der Waals surface area contributed by atoms with Crippen LogP contribution in [0, 0.1) is 5.92 Å². The summed E-state index contributed by atoms with van der Waals surface area (Å²) in [4.78, 5) is 59.3. The van der Waals surface area contributed by atoms with Gasteiger partial charge in [0.05, 0.1) is 23.6 Å². The molecule has 16 heteroatoms. The summed E-state index contributed by atoms with van der Waals surface area (Å²) in [5, 5.41) is 7.16. The highest BCUT2D eigenvalue weighted by atomic mass is 19.4. The second kappa shape index (κ2) is 16.5. The number of carbonyl (C=O) groups is 4. The van der Waals surface area contributed by atoms with Crippen LogP contribution in [-0.2, 0) is 46.3 Å². The average molecular weight is 784 g/mol. The van der Waals surface area contributed by atoms with Gasteiger partial charge in [-0.3, -0.25) is 14.5 Å². The Hall–Kier alpha value is -5.80. The molecule has 2 N–H and O–H groups in total. The zero-order chi connectivity index (χ0) is 40.2. The molecule has 10 nitrogen and oxygen atoms in total. The molecular weight excluding hydrogens is 744 g/mol. The number of alkyl halides is 6. The average Bonchev–Trinajstić information content (AvgIpc) is 3.16. The molecule has 2 fully saturated rings. The molecule has 0 spiro atoms. The molecular formula is C40H39F6N5O5. The minimum absolute atomic E-state index is 0.0200. The van der Waals surface area contributed by atoms with Crippen LogP contribution < -0.4 is 10.6 Å². The first kappa shape index (κ1) is 39.9. The monoisotopic (exact) mass is 783 g/mol. The summed E-state index contributed by atoms with van der Waals surface area (Å²) in [5.41, 5.74) is -2.21. The van der Waals surface area contributed by atoms with Gasteiger partial charge in [0.1, 0.15) is 18.8 Å². The number of carbonyl (C=O) groups excluding carboxylic acids is 4. The number of amides is 5. The molecule has 56 heavy (non-hydrogen) atoms. The van der Waals surface area contributed by atoms with Crippen LogP contribution in [0.5, 0.6) is 0 Å². The SMILES string of the molecule is CCCNC(=O)NC[C@H]1C(=O)N(Cc2ccccc2)C[C@@H]2N(C(=O)OCc3cc(C(F)(F)F)cc(C(F)(F)F)c3)C[C@@H](Cc3ccc4ccccc4c3)C(=O)N21. The number of nitrogens with zero attached hydrogens (tertiary/aromatic N) is 3. The van der Waals surface area contributed by atoms with E-state index >= 15 is 0 Å². The molecule has 0 aromatic heterocycles. The van der Waals surface area contributed by atoms with Crippen molar-refractivity contribution in [3.8, 4) is 0 Å². The van der Waals surface area contributed by atoms with Crippen LogP contribution in [0.4, 0.5) is 35.9 Å². The minimum Gasteiger partial charge on any atom is -0.444 e. The lowest BCUT2D eigenvalue weighted by Gasteiger charge is -2.53. The van der Waals surface area contributed by atoms with E-state index in [0.29, 0.717) is 25.1 Å². The Balaban J connectivity index is 1.35. The summed E-state index contributed by atoms with van der Waals surface area (Å²) in [6, 6.07) is 21.1. The van der Waals surface area contributed by atoms with Crippen LogP contribution in [-0.4, -0.2) is 77.0 Å². The van der Waals surface area contributed by atoms with E-state index in [0.717, 1.165) is 21.9 Å². The number of piperazine rings is 1. The van der Waals surface area contributed by atoms with Crippen molar-refractivity contribution in [3.63, 3.8) is 0 Å². The molecule has 2 heterocycles. The molecule has 296 valence electrons. The van der Waals surface area contributed by atoms with Gasteiger partial charge >= 0.3 is 24.5 Å². The van der Waals surface area contributed by atoms with E-state index in [2.05, 4.69) is 10.6 Å². The number of ether oxygens (including phenoxy) is 1. The maximum absolute atomic E-state index is 14.5. The summed E-state index contributed by atoms with van der Waals surface area (Å²) in [7, 11) is 0. The lowest BCUT2D eigenvalue weighted by atomic mass is 9.91. The number of nitrogens with one attached hydrogen (secondary N) is 2. The fourth-order valence-electron chi connectivity index (χ4n) is 7.06. The van der Waals surface area contributed by atoms with Crippen molar-refractivity contribution in [1.29, 1.82) is 0 Å². The molecule has 0 bridgehead atoms. The summed E-state index contributed by atoms with van der Waals surface area (Å²) in [6.07, 6.45) is -11.8. The zero-order valence-corrected chi connectivity index (χ0v) is 30.2. The summed E-state index contributed by atoms with van der Waals surface area (Å²) >= 11 is 0. The maximum atomic E-state index is 14.5. The van der Waals surface area contributed by atoms with E-state index in [9.17, 15) is 45.5 Å². The fraction of sp³-hybridized carbons (Fsp3) is 0.350. The molecule has 5 amide bonds. The standard InChI is InChI=1S/C40H39F6N5O5/c1-2-14-47-37(54)48-20-33-36(53)49(21-25-8-4-3-5-9-25)23-34-50(38(55)56-24-27-17-31(39(41,42)43)19-32(18-27)40(44,45)46)22-30(35(52)51(33)34)16-26-12-13-28-10-6-7-11-29(28)15-26/h3-13,15,17-19,30,33-34H,2,14,16,20-24H2,1H3,(H2,47,48,54)/t30-,33+,34-/m1/s1. The van der Waals surface area contributed by atoms with Crippen molar-refractivity contribution >= 4 is 34.7 Å². The lowest BCUT2D eigenvalue weighted by molar-refractivity contribution is -0.172. The van der Waals surface area contributed by atoms with Gasteiger partial charge in [-0.25, -0.2) is 9.59 Å². The highest BCUT2D eigenvalue weighted by Gasteiger charge is 2.52. The Morgan fingerprint density at radius 1 is 0.750 bits per heavy atom. The molecule has 2 saturated heterocycles. The van der Waals surface area contributed by atoms with Crippen molar-refractivity contribution in [1.82, 2.24) is 25.3 Å². The second-order valence-electron chi connectivity index (χ2n) is 13.8. The third-order valence-electron chi connectivity index (χ3n) is 9.77. The number of fused-ring (bicyclic) bond motifs is 2. The number of rotatable bonds is 10. The zero-order valence-electron chi connectivity index (χ0n) is 30.2. The number of halogens is 6. The van der Waals surface area contributed by atoms with Crippen molar-refractivity contribution in [3.05, 3.63) is 119 Å². The Bertz CT molecular complexity index is 2050. The first-order valence-corrected chi connectivity index (χ1v) is 18.0. The maximum Gasteiger partial charge on any atom is 0.416 e. The summed E-state index contributed by atoms with van der Waals surface area (Å²) in [5.74, 6) is -1.93. The lowest BCUT2D eigenvalue weighted by Crippen LogP contribution is -2.74. The molecule has 3 atom stereocenters. The molecule has 0 unspecified atom stereocenters. The Kier molecular flexibility index (Phi) is 11.8. The molecule has 0 saturated carbocycles. The van der Waals surface area contributed by atoms with Crippen molar-refractivity contribution in [2.45, 2.75) is 57.5 Å². The van der Waals surface area contributed by atoms with E-state index in [1.807, 2.05) is 49.4 Å². The van der Waals surface area contributed by atoms with Crippen molar-refractivity contribution in [2.75, 3.05) is 26.2 Å². The smallest absolute Gasteiger partial charge is 0.416 e. The van der Waals surface area contributed by atoms with E-state index < -0.39 is 77.7 Å². The van der Waals surface area contributed by atoms with Crippen LogP contribution in [0.15, 0.2) is 91.0 Å². The van der Waals surface area contributed by atoms with Gasteiger partial charge in [0.25, 0.3) is 0 Å². The first-order chi connectivity index (χ1) is 26.6. The third kappa shape index (κ3) is 9.17. The van der Waals surface area contributed by atoms with E-state index in [1.54, 1.807) is 30.3 Å². The van der Waals surface area contributed by atoms with Crippen LogP contribution in [0.2, 0.25) is 0 Å². The predicted octanol–water partition coefficient (Wildman–Crippen LogP) is 6.96. The van der Waals surface area contributed by atoms with Crippen LogP contribution in [0.1, 0.15) is 41.2 Å². The van der Waals surface area contributed by atoms with Crippen molar-refractivity contribution in [2.24, 2.45) is 5.92 Å². The quantitative estimate of drug-likeness (QED) is 0.169. The summed E-state index contributed by atoms with van der Waals surface area (Å²) < 4.78 is 87.1. The van der Waals surface area contributed by atoms with Gasteiger partial charge in [0.2, 0.25) is 11.8 Å². The summed E-state index contributed by atoms with van der Waals surface area (Å²) in [6.45, 7) is 0.564. The van der Waals surface area contributed by atoms with Crippen LogP contribution in [0.25, 0.3) is 10.8 Å². The predicted molar refractivity (Wildman–Crippen MR) is 192 cm³/mol. The topological polar surface area (TPSA) is 111 Å². The van der Waals surface area contributed by atoms with Gasteiger partial charge in [-0.05, 0) is 58.5 Å². The first-order valence-electron chi connectivity index (χ1n) is 18.0. The van der Waals surface area contributed by atoms with Gasteiger partial charge in [0, 0.05) is 26.2 Å². The number of hydrogen-bond acceptors (Lipinski definition) is 5. The van der Waals surface area contributed by atoms with Gasteiger partial charge in [-0.1, -0.05) is 79.7 Å². The van der Waals surface area contributed by atoms with Gasteiger partial charge in [0.15, 0.2) is 0 Å². The Morgan fingerprint density at radius 3 is 2.07 bits per heavy atom. The van der Waals surface area contributed by atoms with Gasteiger partial charge < -0.3 is 25.2 Å². The molecule has 0 aliphatic carbocycles. The molecule has 4 aromatic carbocycles. The normalized spacial score (nSPS) is 18.8. The Labute approximate surface area is 318 Å². The second-order valence-corrected chi connectivity index (χ2v) is 13.8. The number of hydrogen-bond donors (Lipinski definition) is 2. The van der Waals surface area contributed by atoms with E-state index in [1.165, 1.54) is 14.7 Å². The molecule has 2 aliphatic heterocycles. The molecule has 6 rings (SSSR count). The van der Waals surface area contributed by atoms with Crippen LogP contribution in [0.3, 0.4) is 0 Å². The minimum atomic E-state index is -5.11. The number of benzene rings is 4. The number of urea groups is 1. The molecule has 0 radical (unpaired) electrons. The van der Waals surface area contributed by atoms with E-state index in [-0.39, 0.29) is 38.7 Å². The fourth-order valence-corrected chi connectivity index (χ4v) is 7.06. The van der Waals surface area contributed by atoms with Crippen LogP contribution >= 0.6 is 0 Å². The highest BCUT2D eigenvalue weighted by molar-refractivity contribution is 5.92. The van der Waals surface area contributed by atoms with E-state index in [4.69, 9.17) is 4.74 Å². The van der Waals surface area contributed by atoms with Gasteiger partial charge in [-0.15, -0.1) is 0 Å². The largest absolute Gasteiger partial charge is 0.444 e. The van der Waals surface area contributed by atoms with Gasteiger partial charge in [-0.2, -0.15) is 26.3 Å². The molecule has 4 aromatic rings. The highest BCUT2D eigenvalue weighted by Crippen LogP contribution is 2.37. The molecule has 2 aliphatic rings.